The summed E-state index contributed by atoms with van der Waals surface area (Å²) in [6.45, 7) is 3.28. The van der Waals surface area contributed by atoms with Gasteiger partial charge in [-0.05, 0) is 43.2 Å². The van der Waals surface area contributed by atoms with E-state index in [1.54, 1.807) is 30.3 Å². The van der Waals surface area contributed by atoms with Gasteiger partial charge in [0, 0.05) is 0 Å². The van der Waals surface area contributed by atoms with Crippen molar-refractivity contribution < 1.29 is 19.1 Å². The monoisotopic (exact) mass is 353 g/mol. The highest BCUT2D eigenvalue weighted by Gasteiger charge is 2.09. The summed E-state index contributed by atoms with van der Waals surface area (Å²) < 4.78 is 10.7. The Morgan fingerprint density at radius 1 is 0.923 bits per heavy atom. The molecule has 0 bridgehead atoms. The zero-order valence-corrected chi connectivity index (χ0v) is 14.5. The van der Waals surface area contributed by atoms with Crippen molar-refractivity contribution in [3.63, 3.8) is 0 Å². The third-order valence-corrected chi connectivity index (χ3v) is 3.62. The third kappa shape index (κ3) is 5.24. The summed E-state index contributed by atoms with van der Waals surface area (Å²) >= 11 is 0. The number of nitrogens with zero attached hydrogens (tertiary/aromatic N) is 1. The number of ether oxygens (including phenoxy) is 2. The van der Waals surface area contributed by atoms with Gasteiger partial charge in [-0.15, -0.1) is 0 Å². The second kappa shape index (κ2) is 9.08. The largest absolute Gasteiger partial charge is 0.483 e. The number of benzene rings is 2. The van der Waals surface area contributed by atoms with Gasteiger partial charge in [0.2, 0.25) is 0 Å². The molecule has 2 N–H and O–H groups in total. The van der Waals surface area contributed by atoms with E-state index < -0.39 is 11.8 Å². The van der Waals surface area contributed by atoms with E-state index in [4.69, 9.17) is 14.7 Å². The van der Waals surface area contributed by atoms with Gasteiger partial charge in [-0.2, -0.15) is 5.26 Å². The fourth-order valence-corrected chi connectivity index (χ4v) is 2.06. The van der Waals surface area contributed by atoms with Crippen molar-refractivity contribution >= 4 is 11.8 Å². The average molecular weight is 353 g/mol. The molecule has 0 saturated heterocycles. The molecule has 0 fully saturated rings. The smallest absolute Gasteiger partial charge is 0.276 e. The number of amides is 2. The lowest BCUT2D eigenvalue weighted by atomic mass is 10.1. The van der Waals surface area contributed by atoms with Crippen LogP contribution < -0.4 is 20.3 Å². The van der Waals surface area contributed by atoms with Crippen LogP contribution in [-0.4, -0.2) is 25.0 Å². The number of rotatable bonds is 6. The van der Waals surface area contributed by atoms with Crippen LogP contribution >= 0.6 is 0 Å². The van der Waals surface area contributed by atoms with Gasteiger partial charge in [0.25, 0.3) is 11.8 Å². The maximum Gasteiger partial charge on any atom is 0.276 e. The first-order valence-electron chi connectivity index (χ1n) is 7.90. The summed E-state index contributed by atoms with van der Waals surface area (Å²) in [5, 5.41) is 8.95. The van der Waals surface area contributed by atoms with Crippen LogP contribution in [0.25, 0.3) is 0 Å². The minimum absolute atomic E-state index is 0.233. The Kier molecular flexibility index (Phi) is 6.57. The Morgan fingerprint density at radius 2 is 1.50 bits per heavy atom. The SMILES string of the molecule is Cc1cccc(OCC(=O)NNC(=O)COc2ccccc2C#N)c1C. The summed E-state index contributed by atoms with van der Waals surface area (Å²) in [7, 11) is 0. The predicted octanol–water partition coefficient (Wildman–Crippen LogP) is 1.78. The van der Waals surface area contributed by atoms with E-state index in [-0.39, 0.29) is 13.2 Å². The number of para-hydroxylation sites is 1. The molecule has 0 heterocycles. The Balaban J connectivity index is 1.74. The Morgan fingerprint density at radius 3 is 2.15 bits per heavy atom. The highest BCUT2D eigenvalue weighted by Crippen LogP contribution is 2.20. The molecular weight excluding hydrogens is 334 g/mol. The van der Waals surface area contributed by atoms with Gasteiger partial charge in [-0.1, -0.05) is 24.3 Å². The molecule has 7 nitrogen and oxygen atoms in total. The van der Waals surface area contributed by atoms with Crippen molar-refractivity contribution in [3.05, 3.63) is 59.2 Å². The molecule has 0 aliphatic carbocycles. The van der Waals surface area contributed by atoms with Crippen molar-refractivity contribution in [1.29, 1.82) is 5.26 Å². The first-order chi connectivity index (χ1) is 12.5. The van der Waals surface area contributed by atoms with Crippen LogP contribution in [0.2, 0.25) is 0 Å². The minimum atomic E-state index is -0.558. The number of nitriles is 1. The molecule has 0 spiro atoms. The van der Waals surface area contributed by atoms with E-state index in [0.717, 1.165) is 11.1 Å². The fourth-order valence-electron chi connectivity index (χ4n) is 2.06. The predicted molar refractivity (Wildman–Crippen MR) is 94.3 cm³/mol. The van der Waals surface area contributed by atoms with Gasteiger partial charge in [0.05, 0.1) is 5.56 Å². The Bertz CT molecular complexity index is 843. The van der Waals surface area contributed by atoms with E-state index in [1.807, 2.05) is 32.0 Å². The fraction of sp³-hybridized carbons (Fsp3) is 0.211. The molecule has 2 aromatic rings. The number of nitrogens with one attached hydrogen (secondary N) is 2. The van der Waals surface area contributed by atoms with Crippen LogP contribution in [0.4, 0.5) is 0 Å². The Hall–Kier alpha value is -3.53. The number of aryl methyl sites for hydroxylation is 1. The standard InChI is InChI=1S/C19H19N3O4/c1-13-6-5-9-16(14(13)2)25-11-18(23)21-22-19(24)12-26-17-8-4-3-7-15(17)10-20/h3-9H,11-12H2,1-2H3,(H,21,23)(H,22,24). The van der Waals surface area contributed by atoms with Gasteiger partial charge in [-0.3, -0.25) is 20.4 Å². The summed E-state index contributed by atoms with van der Waals surface area (Å²) in [6.07, 6.45) is 0. The van der Waals surface area contributed by atoms with Crippen molar-refractivity contribution in [3.8, 4) is 17.6 Å². The maximum atomic E-state index is 11.8. The molecule has 2 rings (SSSR count). The highest BCUT2D eigenvalue weighted by atomic mass is 16.5. The molecule has 2 aromatic carbocycles. The lowest BCUT2D eigenvalue weighted by Gasteiger charge is -2.12. The molecule has 0 aliphatic heterocycles. The van der Waals surface area contributed by atoms with Gasteiger partial charge >= 0.3 is 0 Å². The van der Waals surface area contributed by atoms with Crippen LogP contribution in [0.5, 0.6) is 11.5 Å². The second-order valence-corrected chi connectivity index (χ2v) is 5.48. The van der Waals surface area contributed by atoms with Gasteiger partial charge in [0.1, 0.15) is 17.6 Å². The first kappa shape index (κ1) is 18.8. The summed E-state index contributed by atoms with van der Waals surface area (Å²) in [5.41, 5.74) is 6.81. The Labute approximate surface area is 151 Å². The van der Waals surface area contributed by atoms with Crippen LogP contribution in [0.3, 0.4) is 0 Å². The number of carbonyl (C=O) groups excluding carboxylic acids is 2. The zero-order valence-electron chi connectivity index (χ0n) is 14.5. The van der Waals surface area contributed by atoms with Crippen molar-refractivity contribution in [2.45, 2.75) is 13.8 Å². The zero-order chi connectivity index (χ0) is 18.9. The van der Waals surface area contributed by atoms with Crippen molar-refractivity contribution in [1.82, 2.24) is 10.9 Å². The lowest BCUT2D eigenvalue weighted by molar-refractivity contribution is -0.131. The van der Waals surface area contributed by atoms with Gasteiger partial charge in [-0.25, -0.2) is 0 Å². The minimum Gasteiger partial charge on any atom is -0.483 e. The molecule has 0 saturated carbocycles. The van der Waals surface area contributed by atoms with Gasteiger partial charge in [0.15, 0.2) is 13.2 Å². The topological polar surface area (TPSA) is 100 Å². The average Bonchev–Trinajstić information content (AvgIpc) is 2.66. The molecule has 0 atom stereocenters. The van der Waals surface area contributed by atoms with E-state index in [9.17, 15) is 9.59 Å². The van der Waals surface area contributed by atoms with Crippen LogP contribution in [-0.2, 0) is 9.59 Å². The molecule has 0 unspecified atom stereocenters. The van der Waals surface area contributed by atoms with Crippen LogP contribution in [0, 0.1) is 25.2 Å². The molecule has 0 aliphatic rings. The van der Waals surface area contributed by atoms with Crippen LogP contribution in [0.1, 0.15) is 16.7 Å². The maximum absolute atomic E-state index is 11.8. The van der Waals surface area contributed by atoms with Crippen molar-refractivity contribution in [2.24, 2.45) is 0 Å². The lowest BCUT2D eigenvalue weighted by Crippen LogP contribution is -2.45. The molecule has 7 heteroatoms. The number of hydrazine groups is 1. The quantitative estimate of drug-likeness (QED) is 0.771. The molecule has 26 heavy (non-hydrogen) atoms. The second-order valence-electron chi connectivity index (χ2n) is 5.48. The number of hydrogen-bond donors (Lipinski definition) is 2. The molecule has 0 aromatic heterocycles. The number of hydrogen-bond acceptors (Lipinski definition) is 5. The third-order valence-electron chi connectivity index (χ3n) is 3.62. The molecular formula is C19H19N3O4. The molecule has 2 amide bonds. The van der Waals surface area contributed by atoms with Crippen molar-refractivity contribution in [2.75, 3.05) is 13.2 Å². The molecule has 134 valence electrons. The highest BCUT2D eigenvalue weighted by molar-refractivity contribution is 5.83. The van der Waals surface area contributed by atoms with E-state index in [0.29, 0.717) is 17.1 Å². The first-order valence-corrected chi connectivity index (χ1v) is 7.90. The van der Waals surface area contributed by atoms with Gasteiger partial charge < -0.3 is 9.47 Å². The van der Waals surface area contributed by atoms with E-state index in [2.05, 4.69) is 10.9 Å². The molecule has 0 radical (unpaired) electrons. The number of carbonyl (C=O) groups is 2. The summed E-state index contributed by atoms with van der Waals surface area (Å²) in [5.74, 6) is -0.146. The normalized spacial score (nSPS) is 9.73. The van der Waals surface area contributed by atoms with E-state index in [1.165, 1.54) is 0 Å². The summed E-state index contributed by atoms with van der Waals surface area (Å²) in [6, 6.07) is 14.1. The summed E-state index contributed by atoms with van der Waals surface area (Å²) in [4.78, 5) is 23.5. The van der Waals surface area contributed by atoms with Crippen LogP contribution in [0.15, 0.2) is 42.5 Å². The van der Waals surface area contributed by atoms with E-state index >= 15 is 0 Å².